The van der Waals surface area contributed by atoms with Gasteiger partial charge in [-0.3, -0.25) is 9.59 Å². The molecule has 1 amide bonds. The maximum absolute atomic E-state index is 12.9. The van der Waals surface area contributed by atoms with Gasteiger partial charge in [0.05, 0.1) is 31.6 Å². The molecule has 41 heavy (non-hydrogen) atoms. The average Bonchev–Trinajstić information content (AvgIpc) is 3.58. The first-order chi connectivity index (χ1) is 19.7. The lowest BCUT2D eigenvalue weighted by Crippen LogP contribution is -2.21. The highest BCUT2D eigenvalue weighted by atomic mass is 35.5. The fourth-order valence-corrected chi connectivity index (χ4v) is 4.84. The van der Waals surface area contributed by atoms with Crippen LogP contribution in [-0.2, 0) is 20.8 Å². The molecule has 1 N–H and O–H groups in total. The third kappa shape index (κ3) is 7.39. The van der Waals surface area contributed by atoms with Crippen LogP contribution in [0.3, 0.4) is 0 Å². The first-order valence-corrected chi connectivity index (χ1v) is 13.5. The molecule has 0 bridgehead atoms. The zero-order valence-corrected chi connectivity index (χ0v) is 24.2. The largest absolute Gasteiger partial charge is 0.495 e. The second-order valence-corrected chi connectivity index (χ2v) is 10.0. The van der Waals surface area contributed by atoms with Crippen molar-refractivity contribution in [3.8, 4) is 17.2 Å². The smallest absolute Gasteiger partial charge is 0.338 e. The molecule has 1 fully saturated rings. The maximum Gasteiger partial charge on any atom is 0.338 e. The summed E-state index contributed by atoms with van der Waals surface area (Å²) < 4.78 is 29.3. The number of hydrogen-bond donors (Lipinski definition) is 1. The van der Waals surface area contributed by atoms with Crippen LogP contribution < -0.4 is 19.5 Å². The average molecular weight is 585 g/mol. The summed E-state index contributed by atoms with van der Waals surface area (Å²) in [6.45, 7) is 4.53. The van der Waals surface area contributed by atoms with E-state index >= 15 is 0 Å². The molecule has 0 spiro atoms. The zero-order chi connectivity index (χ0) is 29.5. The number of carbonyl (C=O) groups is 3. The van der Waals surface area contributed by atoms with Crippen molar-refractivity contribution >= 4 is 34.9 Å². The number of ketones is 1. The van der Waals surface area contributed by atoms with E-state index in [1.165, 1.54) is 32.4 Å². The quantitative estimate of drug-likeness (QED) is 0.233. The summed E-state index contributed by atoms with van der Waals surface area (Å²) in [4.78, 5) is 38.1. The Hall–Kier alpha value is -4.02. The molecule has 1 aliphatic heterocycles. The highest BCUT2D eigenvalue weighted by Crippen LogP contribution is 2.30. The number of carbonyl (C=O) groups excluding carboxylic acids is 3. The van der Waals surface area contributed by atoms with E-state index < -0.39 is 18.5 Å². The third-order valence-electron chi connectivity index (χ3n) is 6.81. The molecule has 11 heteroatoms. The van der Waals surface area contributed by atoms with Crippen LogP contribution in [0.1, 0.15) is 44.9 Å². The van der Waals surface area contributed by atoms with Crippen molar-refractivity contribution in [2.75, 3.05) is 39.4 Å². The summed E-state index contributed by atoms with van der Waals surface area (Å²) in [5, 5.41) is 3.12. The van der Waals surface area contributed by atoms with Crippen LogP contribution in [0.5, 0.6) is 17.2 Å². The normalized spacial score (nSPS) is 14.4. The molecule has 1 aliphatic rings. The van der Waals surface area contributed by atoms with Crippen LogP contribution in [-0.4, -0.2) is 62.4 Å². The number of methoxy groups -OCH3 is 2. The molecule has 10 nitrogen and oxygen atoms in total. The molecule has 2 aromatic carbocycles. The van der Waals surface area contributed by atoms with Gasteiger partial charge >= 0.3 is 5.97 Å². The van der Waals surface area contributed by atoms with Crippen molar-refractivity contribution in [3.63, 3.8) is 0 Å². The molecule has 1 saturated heterocycles. The Balaban J connectivity index is 1.33. The number of hydrogen-bond acceptors (Lipinski definition) is 8. The fourth-order valence-electron chi connectivity index (χ4n) is 4.67. The molecule has 1 atom stereocenters. The summed E-state index contributed by atoms with van der Waals surface area (Å²) in [6.07, 6.45) is 2.18. The summed E-state index contributed by atoms with van der Waals surface area (Å²) in [6, 6.07) is 11.0. The minimum absolute atomic E-state index is 0.142. The number of aromatic nitrogens is 1. The summed E-state index contributed by atoms with van der Waals surface area (Å²) in [7, 11) is 2.89. The van der Waals surface area contributed by atoms with Crippen molar-refractivity contribution in [2.24, 2.45) is 0 Å². The van der Waals surface area contributed by atoms with Gasteiger partial charge in [0.15, 0.2) is 24.7 Å². The van der Waals surface area contributed by atoms with Crippen molar-refractivity contribution < 1.29 is 38.1 Å². The Morgan fingerprint density at radius 2 is 1.76 bits per heavy atom. The van der Waals surface area contributed by atoms with E-state index in [1.807, 2.05) is 19.9 Å². The molecule has 1 aromatic heterocycles. The number of nitrogens with one attached hydrogen (secondary N) is 1. The molecule has 1 unspecified atom stereocenters. The van der Waals surface area contributed by atoms with Gasteiger partial charge in [-0.1, -0.05) is 11.6 Å². The van der Waals surface area contributed by atoms with Gasteiger partial charge in [0.2, 0.25) is 5.78 Å². The molecule has 3 aromatic rings. The molecule has 218 valence electrons. The van der Waals surface area contributed by atoms with E-state index in [9.17, 15) is 14.4 Å². The van der Waals surface area contributed by atoms with E-state index in [0.29, 0.717) is 28.6 Å². The first kappa shape index (κ1) is 30.0. The van der Waals surface area contributed by atoms with Crippen molar-refractivity contribution in [2.45, 2.75) is 39.3 Å². The van der Waals surface area contributed by atoms with Gasteiger partial charge in [-0.05, 0) is 69.2 Å². The fraction of sp³-hybridized carbons (Fsp3) is 0.367. The number of benzene rings is 2. The number of nitrogens with zero attached hydrogens (tertiary/aromatic N) is 1. The van der Waals surface area contributed by atoms with Crippen molar-refractivity contribution in [1.29, 1.82) is 0 Å². The third-order valence-corrected chi connectivity index (χ3v) is 7.05. The Kier molecular flexibility index (Phi) is 9.91. The zero-order valence-electron chi connectivity index (χ0n) is 23.5. The van der Waals surface area contributed by atoms with Crippen molar-refractivity contribution in [3.05, 3.63) is 70.0 Å². The SMILES string of the molecule is COc1ccc(Cl)cc1NC(=O)COc1ccc(C(=O)OCC(=O)c2cc(C)n(CC3CCCO3)c2C)cc1OC. The predicted octanol–water partition coefficient (Wildman–Crippen LogP) is 5.01. The van der Waals surface area contributed by atoms with Gasteiger partial charge in [-0.15, -0.1) is 0 Å². The van der Waals surface area contributed by atoms with Gasteiger partial charge in [0.25, 0.3) is 5.91 Å². The monoisotopic (exact) mass is 584 g/mol. The minimum atomic E-state index is -0.692. The van der Waals surface area contributed by atoms with Gasteiger partial charge in [-0.2, -0.15) is 0 Å². The number of ether oxygens (including phenoxy) is 5. The Morgan fingerprint density at radius 3 is 2.46 bits per heavy atom. The molecular formula is C30H33ClN2O8. The van der Waals surface area contributed by atoms with Crippen LogP contribution in [0.4, 0.5) is 5.69 Å². The molecule has 4 rings (SSSR count). The number of aryl methyl sites for hydroxylation is 1. The Morgan fingerprint density at radius 1 is 1.00 bits per heavy atom. The van der Waals surface area contributed by atoms with E-state index in [2.05, 4.69) is 9.88 Å². The van der Waals surface area contributed by atoms with Crippen LogP contribution in [0, 0.1) is 13.8 Å². The number of Topliss-reactive ketones (excluding diaryl/α,β-unsaturated/α-hetero) is 1. The second kappa shape index (κ2) is 13.6. The van der Waals surface area contributed by atoms with Crippen LogP contribution >= 0.6 is 11.6 Å². The minimum Gasteiger partial charge on any atom is -0.495 e. The first-order valence-electron chi connectivity index (χ1n) is 13.1. The van der Waals surface area contributed by atoms with Gasteiger partial charge in [0, 0.05) is 35.1 Å². The van der Waals surface area contributed by atoms with Crippen LogP contribution in [0.15, 0.2) is 42.5 Å². The number of anilines is 1. The van der Waals surface area contributed by atoms with Crippen LogP contribution in [0.25, 0.3) is 0 Å². The Labute approximate surface area is 243 Å². The molecule has 0 saturated carbocycles. The number of halogens is 1. The van der Waals surface area contributed by atoms with Crippen LogP contribution in [0.2, 0.25) is 5.02 Å². The van der Waals surface area contributed by atoms with E-state index in [0.717, 1.165) is 30.8 Å². The standard InChI is InChI=1S/C30H33ClN2O8/c1-18-12-23(19(2)33(18)15-22-6-5-11-39-22)25(34)16-41-30(36)20-7-9-27(28(13-20)38-4)40-17-29(35)32-24-14-21(31)8-10-26(24)37-3/h7-10,12-14,22H,5-6,11,15-17H2,1-4H3,(H,32,35). The predicted molar refractivity (Wildman–Crippen MR) is 153 cm³/mol. The molecule has 0 radical (unpaired) electrons. The van der Waals surface area contributed by atoms with E-state index in [4.69, 9.17) is 35.3 Å². The van der Waals surface area contributed by atoms with Gasteiger partial charge in [-0.25, -0.2) is 4.79 Å². The molecular weight excluding hydrogens is 552 g/mol. The molecule has 0 aliphatic carbocycles. The number of esters is 1. The summed E-state index contributed by atoms with van der Waals surface area (Å²) in [5.41, 5.74) is 2.86. The van der Waals surface area contributed by atoms with E-state index in [-0.39, 0.29) is 35.6 Å². The highest BCUT2D eigenvalue weighted by molar-refractivity contribution is 6.31. The Bertz CT molecular complexity index is 1430. The second-order valence-electron chi connectivity index (χ2n) is 9.58. The van der Waals surface area contributed by atoms with Gasteiger partial charge in [0.1, 0.15) is 5.75 Å². The topological polar surface area (TPSA) is 114 Å². The maximum atomic E-state index is 12.9. The lowest BCUT2D eigenvalue weighted by Gasteiger charge is -2.15. The van der Waals surface area contributed by atoms with E-state index in [1.54, 1.807) is 18.2 Å². The molecule has 2 heterocycles. The summed E-state index contributed by atoms with van der Waals surface area (Å²) in [5.74, 6) is -0.530. The lowest BCUT2D eigenvalue weighted by atomic mass is 10.1. The van der Waals surface area contributed by atoms with Crippen molar-refractivity contribution in [1.82, 2.24) is 4.57 Å². The van der Waals surface area contributed by atoms with Gasteiger partial charge < -0.3 is 33.6 Å². The number of amides is 1. The lowest BCUT2D eigenvalue weighted by molar-refractivity contribution is -0.118. The number of rotatable bonds is 12. The summed E-state index contributed by atoms with van der Waals surface area (Å²) >= 11 is 6.01. The highest BCUT2D eigenvalue weighted by Gasteiger charge is 2.22.